The highest BCUT2D eigenvalue weighted by atomic mass is 32.2. The zero-order valence-electron chi connectivity index (χ0n) is 16.3. The number of hydrogen-bond donors (Lipinski definition) is 1. The molecule has 0 spiro atoms. The standard InChI is InChI=1S/C20H21N3O4S2/c1-12(2)13-4-6-14(7-5-13)21-16(24)11-29-20-22-15-8-9-28-18(15)19(26)23(20)10-17(25)27-3/h4-9,12H,10-11H2,1-3H3,(H,21,24). The van der Waals surface area contributed by atoms with Gasteiger partial charge in [-0.1, -0.05) is 37.7 Å². The van der Waals surface area contributed by atoms with Gasteiger partial charge in [-0.15, -0.1) is 11.3 Å². The summed E-state index contributed by atoms with van der Waals surface area (Å²) in [5.74, 6) is -0.312. The van der Waals surface area contributed by atoms with Crippen LogP contribution >= 0.6 is 23.1 Å². The van der Waals surface area contributed by atoms with Crippen LogP contribution in [0.15, 0.2) is 45.7 Å². The molecule has 0 saturated carbocycles. The van der Waals surface area contributed by atoms with Crippen LogP contribution in [0.2, 0.25) is 0 Å². The Morgan fingerprint density at radius 2 is 1.97 bits per heavy atom. The number of carbonyl (C=O) groups is 2. The molecule has 0 bridgehead atoms. The second-order valence-electron chi connectivity index (χ2n) is 6.61. The molecule has 7 nitrogen and oxygen atoms in total. The lowest BCUT2D eigenvalue weighted by Gasteiger charge is -2.11. The fourth-order valence-corrected chi connectivity index (χ4v) is 4.22. The highest BCUT2D eigenvalue weighted by Crippen LogP contribution is 2.22. The van der Waals surface area contributed by atoms with E-state index in [2.05, 4.69) is 28.9 Å². The number of aromatic nitrogens is 2. The van der Waals surface area contributed by atoms with Gasteiger partial charge in [0.25, 0.3) is 5.56 Å². The molecule has 0 radical (unpaired) electrons. The summed E-state index contributed by atoms with van der Waals surface area (Å²) in [5, 5.41) is 4.90. The van der Waals surface area contributed by atoms with E-state index in [-0.39, 0.29) is 23.8 Å². The highest BCUT2D eigenvalue weighted by molar-refractivity contribution is 7.99. The third-order valence-electron chi connectivity index (χ3n) is 4.24. The van der Waals surface area contributed by atoms with E-state index in [1.54, 1.807) is 11.4 Å². The van der Waals surface area contributed by atoms with Gasteiger partial charge in [-0.05, 0) is 35.1 Å². The Morgan fingerprint density at radius 1 is 1.24 bits per heavy atom. The number of amides is 1. The molecule has 2 aromatic heterocycles. The van der Waals surface area contributed by atoms with Crippen LogP contribution in [-0.4, -0.2) is 34.3 Å². The van der Waals surface area contributed by atoms with Crippen LogP contribution in [0.1, 0.15) is 25.3 Å². The Kier molecular flexibility index (Phi) is 6.71. The highest BCUT2D eigenvalue weighted by Gasteiger charge is 2.17. The number of rotatable bonds is 7. The van der Waals surface area contributed by atoms with E-state index in [4.69, 9.17) is 0 Å². The molecule has 1 aromatic carbocycles. The first-order valence-corrected chi connectivity index (χ1v) is 10.8. The van der Waals surface area contributed by atoms with Crippen LogP contribution in [0.4, 0.5) is 5.69 Å². The number of thioether (sulfide) groups is 1. The number of fused-ring (bicyclic) bond motifs is 1. The molecule has 2 heterocycles. The summed E-state index contributed by atoms with van der Waals surface area (Å²) in [6, 6.07) is 9.42. The molecule has 0 saturated heterocycles. The number of thiophene rings is 1. The summed E-state index contributed by atoms with van der Waals surface area (Å²) in [5.41, 5.74) is 2.13. The van der Waals surface area contributed by atoms with Crippen molar-refractivity contribution in [2.45, 2.75) is 31.5 Å². The van der Waals surface area contributed by atoms with Crippen LogP contribution in [-0.2, 0) is 20.9 Å². The number of methoxy groups -OCH3 is 1. The van der Waals surface area contributed by atoms with E-state index in [1.807, 2.05) is 24.3 Å². The normalized spacial score (nSPS) is 11.0. The van der Waals surface area contributed by atoms with Crippen LogP contribution in [0.25, 0.3) is 10.2 Å². The van der Waals surface area contributed by atoms with Crippen molar-refractivity contribution in [3.05, 3.63) is 51.6 Å². The molecule has 9 heteroatoms. The van der Waals surface area contributed by atoms with Gasteiger partial charge in [0.2, 0.25) is 5.91 Å². The maximum absolute atomic E-state index is 12.7. The Balaban J connectivity index is 1.75. The number of hydrogen-bond acceptors (Lipinski definition) is 7. The van der Waals surface area contributed by atoms with Crippen LogP contribution < -0.4 is 10.9 Å². The van der Waals surface area contributed by atoms with Crippen molar-refractivity contribution in [1.29, 1.82) is 0 Å². The van der Waals surface area contributed by atoms with E-state index in [0.717, 1.165) is 11.8 Å². The quantitative estimate of drug-likeness (QED) is 0.350. The van der Waals surface area contributed by atoms with Crippen molar-refractivity contribution >= 4 is 50.9 Å². The van der Waals surface area contributed by atoms with Gasteiger partial charge >= 0.3 is 5.97 Å². The van der Waals surface area contributed by atoms with Crippen molar-refractivity contribution in [2.24, 2.45) is 0 Å². The lowest BCUT2D eigenvalue weighted by Crippen LogP contribution is -2.27. The Bertz CT molecular complexity index is 1090. The van der Waals surface area contributed by atoms with E-state index < -0.39 is 5.97 Å². The largest absolute Gasteiger partial charge is 0.468 e. The zero-order chi connectivity index (χ0) is 21.0. The molecule has 1 amide bonds. The van der Waals surface area contributed by atoms with Gasteiger partial charge in [0.1, 0.15) is 11.2 Å². The molecule has 0 unspecified atom stereocenters. The lowest BCUT2D eigenvalue weighted by atomic mass is 10.0. The SMILES string of the molecule is COC(=O)Cn1c(SCC(=O)Nc2ccc(C(C)C)cc2)nc2ccsc2c1=O. The minimum absolute atomic E-state index is 0.0508. The van der Waals surface area contributed by atoms with Gasteiger partial charge in [0.05, 0.1) is 18.4 Å². The Hall–Kier alpha value is -2.65. The minimum Gasteiger partial charge on any atom is -0.468 e. The van der Waals surface area contributed by atoms with E-state index in [9.17, 15) is 14.4 Å². The first kappa shape index (κ1) is 21.1. The number of anilines is 1. The Labute approximate surface area is 176 Å². The van der Waals surface area contributed by atoms with E-state index >= 15 is 0 Å². The van der Waals surface area contributed by atoms with Gasteiger partial charge in [0.15, 0.2) is 5.16 Å². The maximum atomic E-state index is 12.7. The van der Waals surface area contributed by atoms with Gasteiger partial charge < -0.3 is 10.1 Å². The number of benzene rings is 1. The average molecular weight is 432 g/mol. The monoisotopic (exact) mass is 431 g/mol. The van der Waals surface area contributed by atoms with Gasteiger partial charge in [-0.25, -0.2) is 4.98 Å². The van der Waals surface area contributed by atoms with Crippen LogP contribution in [0, 0.1) is 0 Å². The van der Waals surface area contributed by atoms with Gasteiger partial charge in [-0.3, -0.25) is 19.0 Å². The number of esters is 1. The first-order valence-electron chi connectivity index (χ1n) is 8.96. The predicted molar refractivity (Wildman–Crippen MR) is 116 cm³/mol. The number of nitrogens with zero attached hydrogens (tertiary/aromatic N) is 2. The molecule has 3 rings (SSSR count). The third-order valence-corrected chi connectivity index (χ3v) is 6.11. The molecule has 0 aliphatic carbocycles. The summed E-state index contributed by atoms with van der Waals surface area (Å²) in [6.07, 6.45) is 0. The molecule has 0 atom stereocenters. The summed E-state index contributed by atoms with van der Waals surface area (Å²) in [7, 11) is 1.26. The number of ether oxygens (including phenoxy) is 1. The second kappa shape index (κ2) is 9.23. The smallest absolute Gasteiger partial charge is 0.325 e. The average Bonchev–Trinajstić information content (AvgIpc) is 3.17. The van der Waals surface area contributed by atoms with Crippen molar-refractivity contribution in [2.75, 3.05) is 18.2 Å². The summed E-state index contributed by atoms with van der Waals surface area (Å²) < 4.78 is 6.39. The molecular weight excluding hydrogens is 410 g/mol. The number of nitrogens with one attached hydrogen (secondary N) is 1. The Morgan fingerprint density at radius 3 is 2.62 bits per heavy atom. The molecule has 3 aromatic rings. The molecule has 0 fully saturated rings. The molecule has 1 N–H and O–H groups in total. The zero-order valence-corrected chi connectivity index (χ0v) is 17.9. The summed E-state index contributed by atoms with van der Waals surface area (Å²) >= 11 is 2.37. The minimum atomic E-state index is -0.554. The molecule has 0 aliphatic heterocycles. The fourth-order valence-electron chi connectivity index (χ4n) is 2.65. The number of carbonyl (C=O) groups excluding carboxylic acids is 2. The first-order chi connectivity index (χ1) is 13.9. The van der Waals surface area contributed by atoms with Gasteiger partial charge in [0, 0.05) is 5.69 Å². The lowest BCUT2D eigenvalue weighted by molar-refractivity contribution is -0.141. The van der Waals surface area contributed by atoms with Crippen molar-refractivity contribution in [1.82, 2.24) is 9.55 Å². The fraction of sp³-hybridized carbons (Fsp3) is 0.300. The summed E-state index contributed by atoms with van der Waals surface area (Å²) in [4.78, 5) is 41.2. The predicted octanol–water partition coefficient (Wildman–Crippen LogP) is 3.49. The molecule has 0 aliphatic rings. The third kappa shape index (κ3) is 5.04. The molecule has 152 valence electrons. The van der Waals surface area contributed by atoms with Crippen molar-refractivity contribution in [3.8, 4) is 0 Å². The van der Waals surface area contributed by atoms with Gasteiger partial charge in [-0.2, -0.15) is 0 Å². The maximum Gasteiger partial charge on any atom is 0.325 e. The topological polar surface area (TPSA) is 90.3 Å². The van der Waals surface area contributed by atoms with Crippen molar-refractivity contribution < 1.29 is 14.3 Å². The van der Waals surface area contributed by atoms with Crippen LogP contribution in [0.3, 0.4) is 0 Å². The second-order valence-corrected chi connectivity index (χ2v) is 8.47. The summed E-state index contributed by atoms with van der Waals surface area (Å²) in [6.45, 7) is 3.96. The van der Waals surface area contributed by atoms with Crippen LogP contribution in [0.5, 0.6) is 0 Å². The van der Waals surface area contributed by atoms with E-state index in [0.29, 0.717) is 27.0 Å². The van der Waals surface area contributed by atoms with E-state index in [1.165, 1.54) is 28.6 Å². The molecular formula is C20H21N3O4S2. The molecule has 29 heavy (non-hydrogen) atoms. The van der Waals surface area contributed by atoms with Crippen molar-refractivity contribution in [3.63, 3.8) is 0 Å².